The Bertz CT molecular complexity index is 884. The molecule has 4 rings (SSSR count). The molecule has 2 aromatic carbocycles. The highest BCUT2D eigenvalue weighted by molar-refractivity contribution is 7.48. The number of carbonyl (C=O) groups excluding carboxylic acids is 1. The Morgan fingerprint density at radius 1 is 1.00 bits per heavy atom. The average Bonchev–Trinajstić information content (AvgIpc) is 2.84. The van der Waals surface area contributed by atoms with Gasteiger partial charge in [0.1, 0.15) is 17.2 Å². The molecule has 1 saturated heterocycles. The van der Waals surface area contributed by atoms with Crippen LogP contribution in [-0.2, 0) is 14.2 Å². The molecule has 0 spiro atoms. The molecule has 2 heterocycles. The van der Waals surface area contributed by atoms with E-state index < -0.39 is 13.8 Å². The van der Waals surface area contributed by atoms with Gasteiger partial charge in [-0.2, -0.15) is 0 Å². The molecule has 2 N–H and O–H groups in total. The van der Waals surface area contributed by atoms with Crippen molar-refractivity contribution in [2.75, 3.05) is 6.54 Å². The highest BCUT2D eigenvalue weighted by Crippen LogP contribution is 2.44. The van der Waals surface area contributed by atoms with Crippen LogP contribution < -0.4 is 9.05 Å². The summed E-state index contributed by atoms with van der Waals surface area (Å²) in [5.41, 5.74) is 0.159. The van der Waals surface area contributed by atoms with E-state index in [0.717, 1.165) is 6.42 Å². The summed E-state index contributed by atoms with van der Waals surface area (Å²) in [6, 6.07) is 16.6. The van der Waals surface area contributed by atoms with Crippen molar-refractivity contribution in [3.63, 3.8) is 0 Å². The first-order valence-electron chi connectivity index (χ1n) is 8.43. The zero-order valence-corrected chi connectivity index (χ0v) is 15.6. The number of para-hydroxylation sites is 2. The van der Waals surface area contributed by atoms with Crippen molar-refractivity contribution in [3.05, 3.63) is 72.4 Å². The molecule has 2 aliphatic rings. The van der Waals surface area contributed by atoms with Crippen molar-refractivity contribution in [3.8, 4) is 11.5 Å². The fourth-order valence-corrected chi connectivity index (χ4v) is 3.53. The number of hydrogen-bond acceptors (Lipinski definition) is 6. The fraction of sp³-hybridized carbons (Fsp3) is 0.158. The largest absolute Gasteiger partial charge is 0.584 e. The molecule has 1 atom stereocenters. The summed E-state index contributed by atoms with van der Waals surface area (Å²) in [5, 5.41) is 8.59. The van der Waals surface area contributed by atoms with Gasteiger partial charge in [0.2, 0.25) is 0 Å². The smallest absolute Gasteiger partial charge is 0.477 e. The van der Waals surface area contributed by atoms with Crippen LogP contribution >= 0.6 is 7.82 Å². The van der Waals surface area contributed by atoms with Gasteiger partial charge in [-0.1, -0.05) is 36.4 Å². The lowest BCUT2D eigenvalue weighted by Gasteiger charge is -2.36. The molecular formula is C19H18NO7P. The minimum Gasteiger partial charge on any atom is -0.477 e. The van der Waals surface area contributed by atoms with Gasteiger partial charge in [-0.15, -0.1) is 0 Å². The van der Waals surface area contributed by atoms with Gasteiger partial charge in [-0.25, -0.2) is 9.36 Å². The predicted molar refractivity (Wildman–Crippen MR) is 99.8 cm³/mol. The van der Waals surface area contributed by atoms with Crippen molar-refractivity contribution in [1.82, 2.24) is 4.90 Å². The van der Waals surface area contributed by atoms with Crippen LogP contribution in [0, 0.1) is 0 Å². The molecule has 0 aliphatic carbocycles. The monoisotopic (exact) mass is 403 g/mol. The third-order valence-corrected chi connectivity index (χ3v) is 4.97. The van der Waals surface area contributed by atoms with Gasteiger partial charge in [0.25, 0.3) is 0 Å². The van der Waals surface area contributed by atoms with Gasteiger partial charge >= 0.3 is 13.8 Å². The third kappa shape index (κ3) is 4.79. The van der Waals surface area contributed by atoms with E-state index in [2.05, 4.69) is 0 Å². The Hall–Kier alpha value is -3.09. The molecule has 1 fully saturated rings. The van der Waals surface area contributed by atoms with E-state index >= 15 is 0 Å². The lowest BCUT2D eigenvalue weighted by atomic mass is 10.0. The van der Waals surface area contributed by atoms with E-state index in [1.165, 1.54) is 6.08 Å². The molecule has 2 aromatic rings. The second-order valence-electron chi connectivity index (χ2n) is 6.01. The lowest BCUT2D eigenvalue weighted by Crippen LogP contribution is -2.47. The number of carboxylic acid groups (broad SMARTS) is 1. The minimum atomic E-state index is -4.14. The summed E-state index contributed by atoms with van der Waals surface area (Å²) in [7, 11) is -4.14. The molecule has 28 heavy (non-hydrogen) atoms. The molecule has 0 aromatic heterocycles. The second-order valence-corrected chi connectivity index (χ2v) is 7.31. The lowest BCUT2D eigenvalue weighted by molar-refractivity contribution is -0.135. The van der Waals surface area contributed by atoms with Crippen LogP contribution in [0.2, 0.25) is 0 Å². The molecule has 1 unspecified atom stereocenters. The van der Waals surface area contributed by atoms with Gasteiger partial charge in [0.05, 0.1) is 6.04 Å². The zero-order chi connectivity index (χ0) is 20.1. The summed E-state index contributed by atoms with van der Waals surface area (Å²) in [6.07, 6.45) is 2.02. The number of aliphatic carboxylic acids is 1. The van der Waals surface area contributed by atoms with Crippen LogP contribution in [0.3, 0.4) is 0 Å². The Morgan fingerprint density at radius 2 is 1.50 bits per heavy atom. The highest BCUT2D eigenvalue weighted by Gasteiger charge is 2.42. The summed E-state index contributed by atoms with van der Waals surface area (Å²) >= 11 is 0. The summed E-state index contributed by atoms with van der Waals surface area (Å²) in [6.45, 7) is 0.703. The van der Waals surface area contributed by atoms with Gasteiger partial charge in [0, 0.05) is 12.6 Å². The second kappa shape index (κ2) is 8.29. The number of rotatable bonds is 5. The van der Waals surface area contributed by atoms with Crippen LogP contribution in [0.25, 0.3) is 0 Å². The Morgan fingerprint density at radius 3 is 1.82 bits per heavy atom. The summed E-state index contributed by atoms with van der Waals surface area (Å²) in [4.78, 5) is 32.6. The number of carboxylic acids is 1. The van der Waals surface area contributed by atoms with E-state index in [1.807, 2.05) is 0 Å². The summed E-state index contributed by atoms with van der Waals surface area (Å²) < 4.78 is 21.5. The number of nitrogens with zero attached hydrogens (tertiary/aromatic N) is 1. The molecule has 8 nitrogen and oxygen atoms in total. The third-order valence-electron chi connectivity index (χ3n) is 4.08. The topological polar surface area (TPSA) is 113 Å². The van der Waals surface area contributed by atoms with Crippen LogP contribution in [0.4, 0.5) is 0 Å². The number of fused-ring (bicyclic) bond motifs is 1. The first-order valence-corrected chi connectivity index (χ1v) is 9.93. The van der Waals surface area contributed by atoms with Crippen LogP contribution in [0.15, 0.2) is 72.4 Å². The predicted octanol–water partition coefficient (Wildman–Crippen LogP) is 2.86. The first kappa shape index (κ1) is 19.7. The molecule has 0 amide bonds. The van der Waals surface area contributed by atoms with E-state index in [1.54, 1.807) is 65.6 Å². The first-order chi connectivity index (χ1) is 13.4. The number of carbonyl (C=O) groups is 2. The standard InChI is InChI=1S/C12H11O4P.C7H7NO3/c13-17(14,15-11-7-3-1-4-8-11)16-12-9-5-2-6-10-12;9-6-3-5(7(10)11)8-2-1-4(6)8/h1-10H,(H,13,14);3-4H,1-2H2,(H,10,11). The van der Waals surface area contributed by atoms with Gasteiger partial charge < -0.3 is 19.1 Å². The minimum absolute atomic E-state index is 0.0614. The van der Waals surface area contributed by atoms with Crippen LogP contribution in [0.5, 0.6) is 11.5 Å². The Kier molecular flexibility index (Phi) is 5.82. The van der Waals surface area contributed by atoms with E-state index in [9.17, 15) is 19.0 Å². The Balaban J connectivity index is 0.000000176. The van der Waals surface area contributed by atoms with Crippen LogP contribution in [-0.4, -0.2) is 39.2 Å². The van der Waals surface area contributed by atoms with Crippen molar-refractivity contribution in [2.45, 2.75) is 12.5 Å². The molecule has 0 radical (unpaired) electrons. The summed E-state index contributed by atoms with van der Waals surface area (Å²) in [5.74, 6) is -0.488. The SMILES string of the molecule is O=C(O)C1=CC(=O)C2CCN12.O=P(O)(Oc1ccccc1)Oc1ccccc1. The number of ketones is 1. The maximum Gasteiger partial charge on any atom is 0.584 e. The van der Waals surface area contributed by atoms with Crippen LogP contribution in [0.1, 0.15) is 6.42 Å². The normalized spacial score (nSPS) is 17.5. The number of benzene rings is 2. The van der Waals surface area contributed by atoms with Crippen molar-refractivity contribution >= 4 is 19.6 Å². The van der Waals surface area contributed by atoms with Gasteiger partial charge in [-0.05, 0) is 30.7 Å². The maximum atomic E-state index is 11.7. The van der Waals surface area contributed by atoms with E-state index in [-0.39, 0.29) is 29.0 Å². The Labute approximate surface area is 161 Å². The van der Waals surface area contributed by atoms with E-state index in [4.69, 9.17) is 14.2 Å². The fourth-order valence-electron chi connectivity index (χ4n) is 2.72. The molecule has 2 aliphatic heterocycles. The van der Waals surface area contributed by atoms with Gasteiger partial charge in [-0.3, -0.25) is 9.69 Å². The molecular weight excluding hydrogens is 385 g/mol. The average molecular weight is 403 g/mol. The highest BCUT2D eigenvalue weighted by atomic mass is 31.2. The molecule has 0 bridgehead atoms. The van der Waals surface area contributed by atoms with Crippen molar-refractivity contribution < 1.29 is 33.2 Å². The van der Waals surface area contributed by atoms with Gasteiger partial charge in [0.15, 0.2) is 5.78 Å². The van der Waals surface area contributed by atoms with Crippen molar-refractivity contribution in [2.24, 2.45) is 0 Å². The van der Waals surface area contributed by atoms with Crippen molar-refractivity contribution in [1.29, 1.82) is 0 Å². The number of phosphoric acid groups is 1. The molecule has 146 valence electrons. The van der Waals surface area contributed by atoms with E-state index in [0.29, 0.717) is 6.54 Å². The maximum absolute atomic E-state index is 11.7. The number of hydrogen-bond donors (Lipinski definition) is 2. The number of phosphoric ester groups is 1. The zero-order valence-electron chi connectivity index (χ0n) is 14.7. The quantitative estimate of drug-likeness (QED) is 0.733. The molecule has 0 saturated carbocycles. The molecule has 9 heteroatoms.